The van der Waals surface area contributed by atoms with E-state index >= 15 is 0 Å². The van der Waals surface area contributed by atoms with Crippen molar-refractivity contribution in [3.8, 4) is 0 Å². The van der Waals surface area contributed by atoms with E-state index < -0.39 is 0 Å². The van der Waals surface area contributed by atoms with Gasteiger partial charge in [-0.3, -0.25) is 4.79 Å². The number of ketones is 1. The zero-order chi connectivity index (χ0) is 11.7. The Kier molecular flexibility index (Phi) is 1.85. The van der Waals surface area contributed by atoms with E-state index in [0.29, 0.717) is 28.4 Å². The molecule has 0 aromatic rings. The summed E-state index contributed by atoms with van der Waals surface area (Å²) in [6, 6.07) is 0. The smallest absolute Gasteiger partial charge is 0.162 e. The lowest BCUT2D eigenvalue weighted by atomic mass is 9.41. The highest BCUT2D eigenvalue weighted by Gasteiger charge is 2.72. The lowest BCUT2D eigenvalue weighted by Crippen LogP contribution is -2.59. The van der Waals surface area contributed by atoms with Crippen LogP contribution in [0.1, 0.15) is 53.4 Å². The molecular formula is C15H22O. The normalized spacial score (nSPS) is 50.0. The van der Waals surface area contributed by atoms with Gasteiger partial charge in [-0.15, -0.1) is 0 Å². The van der Waals surface area contributed by atoms with Crippen LogP contribution >= 0.6 is 0 Å². The number of Topliss-reactive ketones (excluding diaryl/α,β-unsaturated/α-hetero) is 1. The molecule has 1 heteroatoms. The maximum atomic E-state index is 12.4. The topological polar surface area (TPSA) is 17.1 Å². The predicted molar refractivity (Wildman–Crippen MR) is 65.0 cm³/mol. The van der Waals surface area contributed by atoms with Gasteiger partial charge in [0.15, 0.2) is 5.78 Å². The summed E-state index contributed by atoms with van der Waals surface area (Å²) < 4.78 is 0. The molecule has 16 heavy (non-hydrogen) atoms. The highest BCUT2D eigenvalue weighted by Crippen LogP contribution is 2.76. The minimum Gasteiger partial charge on any atom is -0.294 e. The van der Waals surface area contributed by atoms with Crippen LogP contribution in [0.3, 0.4) is 0 Å². The number of hydrogen-bond donors (Lipinski definition) is 0. The van der Waals surface area contributed by atoms with Gasteiger partial charge in [-0.05, 0) is 55.4 Å². The van der Waals surface area contributed by atoms with Crippen molar-refractivity contribution in [3.05, 3.63) is 11.1 Å². The molecule has 0 radical (unpaired) electrons. The van der Waals surface area contributed by atoms with Crippen molar-refractivity contribution in [1.29, 1.82) is 0 Å². The molecule has 0 bridgehead atoms. The highest BCUT2D eigenvalue weighted by atomic mass is 16.1. The zero-order valence-corrected chi connectivity index (χ0v) is 10.9. The van der Waals surface area contributed by atoms with E-state index in [1.165, 1.54) is 24.8 Å². The van der Waals surface area contributed by atoms with Crippen LogP contribution in [-0.4, -0.2) is 5.78 Å². The molecule has 0 N–H and O–H groups in total. The summed E-state index contributed by atoms with van der Waals surface area (Å²) in [6.45, 7) is 8.99. The molecule has 0 heterocycles. The fourth-order valence-electron chi connectivity index (χ4n) is 5.00. The van der Waals surface area contributed by atoms with E-state index in [1.54, 1.807) is 0 Å². The van der Waals surface area contributed by atoms with Gasteiger partial charge in [0.2, 0.25) is 0 Å². The molecule has 3 saturated carbocycles. The molecule has 0 aromatic carbocycles. The molecule has 0 saturated heterocycles. The van der Waals surface area contributed by atoms with E-state index in [0.717, 1.165) is 12.0 Å². The standard InChI is InChI=1S/C15H22O/c1-9(2)10-8-11-12(13(10)16)15(4)7-5-6-14(11,15)3/h11-12H,5-8H2,1-4H3/t11-,12-,14+,15-/m1/s1. The Labute approximate surface area is 98.3 Å². The minimum absolute atomic E-state index is 0.325. The van der Waals surface area contributed by atoms with Gasteiger partial charge < -0.3 is 0 Å². The van der Waals surface area contributed by atoms with Crippen LogP contribution in [0, 0.1) is 22.7 Å². The number of hydrogen-bond acceptors (Lipinski definition) is 1. The summed E-state index contributed by atoms with van der Waals surface area (Å²) in [5.41, 5.74) is 3.20. The quantitative estimate of drug-likeness (QED) is 0.566. The molecule has 0 unspecified atom stereocenters. The van der Waals surface area contributed by atoms with E-state index in [-0.39, 0.29) is 0 Å². The second-order valence-electron chi connectivity index (χ2n) is 6.82. The molecule has 4 atom stereocenters. The number of carbonyl (C=O) groups is 1. The highest BCUT2D eigenvalue weighted by molar-refractivity contribution is 6.02. The molecule has 3 aliphatic rings. The molecule has 0 amide bonds. The van der Waals surface area contributed by atoms with Gasteiger partial charge in [-0.25, -0.2) is 0 Å². The fourth-order valence-corrected chi connectivity index (χ4v) is 5.00. The minimum atomic E-state index is 0.325. The van der Waals surface area contributed by atoms with Crippen molar-refractivity contribution in [1.82, 2.24) is 0 Å². The molecule has 0 aromatic heterocycles. The summed E-state index contributed by atoms with van der Waals surface area (Å²) in [7, 11) is 0. The predicted octanol–water partition coefficient (Wildman–Crippen LogP) is 3.74. The summed E-state index contributed by atoms with van der Waals surface area (Å²) in [6.07, 6.45) is 5.01. The third-order valence-corrected chi connectivity index (χ3v) is 6.21. The van der Waals surface area contributed by atoms with Crippen molar-refractivity contribution in [3.63, 3.8) is 0 Å². The van der Waals surface area contributed by atoms with Crippen molar-refractivity contribution in [2.45, 2.75) is 53.4 Å². The summed E-state index contributed by atoms with van der Waals surface area (Å²) in [4.78, 5) is 12.4. The first-order chi connectivity index (χ1) is 7.42. The van der Waals surface area contributed by atoms with Crippen LogP contribution < -0.4 is 0 Å². The Morgan fingerprint density at radius 1 is 1.19 bits per heavy atom. The average molecular weight is 218 g/mol. The first kappa shape index (κ1) is 10.6. The van der Waals surface area contributed by atoms with Crippen molar-refractivity contribution in [2.75, 3.05) is 0 Å². The lowest BCUT2D eigenvalue weighted by molar-refractivity contribution is -0.165. The molecule has 3 aliphatic carbocycles. The largest absolute Gasteiger partial charge is 0.294 e. The summed E-state index contributed by atoms with van der Waals surface area (Å²) in [5, 5.41) is 0. The number of fused-ring (bicyclic) bond motifs is 4. The molecule has 1 nitrogen and oxygen atoms in total. The van der Waals surface area contributed by atoms with Gasteiger partial charge in [0.05, 0.1) is 0 Å². The Hall–Kier alpha value is -0.590. The van der Waals surface area contributed by atoms with Gasteiger partial charge in [0.1, 0.15) is 0 Å². The second-order valence-corrected chi connectivity index (χ2v) is 6.82. The van der Waals surface area contributed by atoms with E-state index in [9.17, 15) is 4.79 Å². The van der Waals surface area contributed by atoms with Gasteiger partial charge in [-0.2, -0.15) is 0 Å². The van der Waals surface area contributed by atoms with Crippen molar-refractivity contribution < 1.29 is 4.79 Å². The van der Waals surface area contributed by atoms with Crippen molar-refractivity contribution in [2.24, 2.45) is 22.7 Å². The van der Waals surface area contributed by atoms with Gasteiger partial charge in [0.25, 0.3) is 0 Å². The Morgan fingerprint density at radius 3 is 2.44 bits per heavy atom. The Morgan fingerprint density at radius 2 is 1.81 bits per heavy atom. The molecule has 3 fully saturated rings. The average Bonchev–Trinajstić information content (AvgIpc) is 2.64. The van der Waals surface area contributed by atoms with Crippen LogP contribution in [0.2, 0.25) is 0 Å². The molecule has 3 rings (SSSR count). The van der Waals surface area contributed by atoms with Crippen LogP contribution in [0.25, 0.3) is 0 Å². The van der Waals surface area contributed by atoms with Gasteiger partial charge >= 0.3 is 0 Å². The monoisotopic (exact) mass is 218 g/mol. The third-order valence-electron chi connectivity index (χ3n) is 6.21. The fraction of sp³-hybridized carbons (Fsp3) is 0.800. The van der Waals surface area contributed by atoms with Crippen LogP contribution in [0.4, 0.5) is 0 Å². The Bertz CT molecular complexity index is 402. The third kappa shape index (κ3) is 0.881. The number of carbonyl (C=O) groups excluding carboxylic acids is 1. The summed E-state index contributed by atoms with van der Waals surface area (Å²) in [5.74, 6) is 1.52. The molecule has 0 spiro atoms. The first-order valence-corrected chi connectivity index (χ1v) is 6.62. The van der Waals surface area contributed by atoms with E-state index in [4.69, 9.17) is 0 Å². The van der Waals surface area contributed by atoms with Crippen molar-refractivity contribution >= 4 is 5.78 Å². The van der Waals surface area contributed by atoms with E-state index in [2.05, 4.69) is 27.7 Å². The number of rotatable bonds is 0. The van der Waals surface area contributed by atoms with Crippen LogP contribution in [0.15, 0.2) is 11.1 Å². The maximum absolute atomic E-state index is 12.4. The molecule has 0 aliphatic heterocycles. The van der Waals surface area contributed by atoms with Crippen LogP contribution in [0.5, 0.6) is 0 Å². The molecular weight excluding hydrogens is 196 g/mol. The summed E-state index contributed by atoms with van der Waals surface area (Å²) >= 11 is 0. The van der Waals surface area contributed by atoms with Crippen LogP contribution in [-0.2, 0) is 4.79 Å². The second kappa shape index (κ2) is 2.80. The Balaban J connectivity index is 2.04. The maximum Gasteiger partial charge on any atom is 0.162 e. The number of allylic oxidation sites excluding steroid dienone is 2. The zero-order valence-electron chi connectivity index (χ0n) is 10.9. The van der Waals surface area contributed by atoms with Gasteiger partial charge in [-0.1, -0.05) is 25.8 Å². The van der Waals surface area contributed by atoms with Gasteiger partial charge in [0, 0.05) is 5.92 Å². The van der Waals surface area contributed by atoms with E-state index in [1.807, 2.05) is 0 Å². The first-order valence-electron chi connectivity index (χ1n) is 6.62. The SMILES string of the molecule is CC(C)=C1C[C@@H]2[C@H](C1=O)[C@@]1(C)CCC[C@@]21C. The molecule has 88 valence electrons. The lowest BCUT2D eigenvalue weighted by Gasteiger charge is -2.61.